The molecule has 5 rings (SSSR count). The van der Waals surface area contributed by atoms with E-state index in [0.29, 0.717) is 38.0 Å². The second-order valence-electron chi connectivity index (χ2n) is 8.84. The van der Waals surface area contributed by atoms with E-state index in [1.165, 1.54) is 7.11 Å². The van der Waals surface area contributed by atoms with Crippen LogP contribution in [0.2, 0.25) is 0 Å². The topological polar surface area (TPSA) is 91.8 Å². The number of rotatable bonds is 5. The number of nitrogens with zero attached hydrogens (tertiary/aromatic N) is 6. The maximum absolute atomic E-state index is 13.5. The van der Waals surface area contributed by atoms with Crippen molar-refractivity contribution in [2.45, 2.75) is 30.5 Å². The Morgan fingerprint density at radius 1 is 1.14 bits per heavy atom. The first-order chi connectivity index (χ1) is 17.0. The third kappa shape index (κ3) is 4.43. The van der Waals surface area contributed by atoms with Gasteiger partial charge in [-0.1, -0.05) is 0 Å². The summed E-state index contributed by atoms with van der Waals surface area (Å²) in [5, 5.41) is 0.948. The quantitative estimate of drug-likeness (QED) is 0.504. The molecule has 2 aliphatic rings. The normalized spacial score (nSPS) is 16.7. The highest BCUT2D eigenvalue weighted by molar-refractivity contribution is 7.98. The summed E-state index contributed by atoms with van der Waals surface area (Å²) in [6, 6.07) is 7.80. The number of urea groups is 1. The summed E-state index contributed by atoms with van der Waals surface area (Å²) >= 11 is 1.59. The monoisotopic (exact) mass is 492 g/mol. The first kappa shape index (κ1) is 23.5. The molecule has 2 aliphatic heterocycles. The van der Waals surface area contributed by atoms with Gasteiger partial charge in [0.25, 0.3) is 0 Å². The lowest BCUT2D eigenvalue weighted by Gasteiger charge is -2.43. The molecule has 3 aromatic heterocycles. The van der Waals surface area contributed by atoms with Crippen LogP contribution in [0.1, 0.15) is 18.4 Å². The summed E-state index contributed by atoms with van der Waals surface area (Å²) in [4.78, 5) is 45.2. The first-order valence-corrected chi connectivity index (χ1v) is 12.8. The average molecular weight is 493 g/mol. The van der Waals surface area contributed by atoms with E-state index in [-0.39, 0.29) is 24.6 Å². The largest absolute Gasteiger partial charge is 0.375 e. The Morgan fingerprint density at radius 3 is 2.63 bits per heavy atom. The van der Waals surface area contributed by atoms with Crippen LogP contribution < -0.4 is 4.90 Å². The Bertz CT molecular complexity index is 1260. The van der Waals surface area contributed by atoms with Gasteiger partial charge in [-0.3, -0.25) is 14.7 Å². The molecular formula is C25H28N6O3S. The summed E-state index contributed by atoms with van der Waals surface area (Å²) in [5.41, 5.74) is 4.97. The molecule has 182 valence electrons. The standard InChI is InChI=1S/C25H28N6O3S/c1-29-14-17-13-26-20-6-5-19(16-4-7-21(35-3)27-12-16)28-23(20)24(17)31(25(29)33)18-8-10-30(11-9-18)22(32)15-34-2/h4-7,12-13,18H,8-11,14-15H2,1-3H3. The molecular weight excluding hydrogens is 464 g/mol. The van der Waals surface area contributed by atoms with Gasteiger partial charge in [0.05, 0.1) is 28.5 Å². The third-order valence-electron chi connectivity index (χ3n) is 6.63. The van der Waals surface area contributed by atoms with Gasteiger partial charge in [-0.2, -0.15) is 0 Å². The molecule has 0 aliphatic carbocycles. The molecule has 1 saturated heterocycles. The van der Waals surface area contributed by atoms with Crippen LogP contribution in [0.4, 0.5) is 10.5 Å². The fourth-order valence-corrected chi connectivity index (χ4v) is 5.18. The Kier molecular flexibility index (Phi) is 6.57. The number of carbonyl (C=O) groups excluding carboxylic acids is 2. The van der Waals surface area contributed by atoms with Gasteiger partial charge in [0, 0.05) is 56.8 Å². The molecule has 10 heteroatoms. The minimum atomic E-state index is -0.0511. The molecule has 35 heavy (non-hydrogen) atoms. The predicted molar refractivity (Wildman–Crippen MR) is 135 cm³/mol. The van der Waals surface area contributed by atoms with Crippen molar-refractivity contribution >= 4 is 40.4 Å². The van der Waals surface area contributed by atoms with Crippen LogP contribution in [0.3, 0.4) is 0 Å². The summed E-state index contributed by atoms with van der Waals surface area (Å²) < 4.78 is 5.00. The highest BCUT2D eigenvalue weighted by Crippen LogP contribution is 2.37. The van der Waals surface area contributed by atoms with Gasteiger partial charge in [-0.15, -0.1) is 11.8 Å². The van der Waals surface area contributed by atoms with Crippen LogP contribution in [-0.2, 0) is 16.1 Å². The molecule has 0 N–H and O–H groups in total. The number of hydrogen-bond donors (Lipinski definition) is 0. The molecule has 9 nitrogen and oxygen atoms in total. The van der Waals surface area contributed by atoms with Gasteiger partial charge in [-0.05, 0) is 43.4 Å². The molecule has 0 unspecified atom stereocenters. The number of likely N-dealkylation sites (tertiary alicyclic amines) is 1. The smallest absolute Gasteiger partial charge is 0.324 e. The van der Waals surface area contributed by atoms with Gasteiger partial charge >= 0.3 is 6.03 Å². The zero-order chi connectivity index (χ0) is 24.5. The maximum atomic E-state index is 13.5. The van der Waals surface area contributed by atoms with E-state index in [1.54, 1.807) is 16.7 Å². The Labute approximate surface area is 208 Å². The van der Waals surface area contributed by atoms with Crippen molar-refractivity contribution in [1.29, 1.82) is 0 Å². The van der Waals surface area contributed by atoms with Crippen LogP contribution in [0, 0.1) is 0 Å². The highest BCUT2D eigenvalue weighted by Gasteiger charge is 2.37. The molecule has 0 spiro atoms. The van der Waals surface area contributed by atoms with E-state index in [2.05, 4.69) is 9.97 Å². The molecule has 0 aromatic carbocycles. The lowest BCUT2D eigenvalue weighted by molar-refractivity contribution is -0.136. The molecule has 0 saturated carbocycles. The van der Waals surface area contributed by atoms with E-state index < -0.39 is 0 Å². The van der Waals surface area contributed by atoms with E-state index in [1.807, 2.05) is 59.8 Å². The molecule has 3 amide bonds. The number of pyridine rings is 3. The zero-order valence-electron chi connectivity index (χ0n) is 20.1. The van der Waals surface area contributed by atoms with Gasteiger partial charge in [0.1, 0.15) is 12.1 Å². The van der Waals surface area contributed by atoms with Crippen molar-refractivity contribution in [3.8, 4) is 11.3 Å². The lowest BCUT2D eigenvalue weighted by Crippen LogP contribution is -2.54. The number of methoxy groups -OCH3 is 1. The van der Waals surface area contributed by atoms with Crippen LogP contribution in [-0.4, -0.2) is 82.8 Å². The van der Waals surface area contributed by atoms with Crippen LogP contribution in [0.5, 0.6) is 0 Å². The van der Waals surface area contributed by atoms with Crippen molar-refractivity contribution in [2.24, 2.45) is 0 Å². The molecule has 0 atom stereocenters. The molecule has 5 heterocycles. The Morgan fingerprint density at radius 2 is 1.94 bits per heavy atom. The van der Waals surface area contributed by atoms with E-state index in [9.17, 15) is 9.59 Å². The number of ether oxygens (including phenoxy) is 1. The van der Waals surface area contributed by atoms with Gasteiger partial charge in [0.2, 0.25) is 5.91 Å². The summed E-state index contributed by atoms with van der Waals surface area (Å²) in [6.45, 7) is 1.74. The SMILES string of the molecule is COCC(=O)N1CCC(N2C(=O)N(C)Cc3cnc4ccc(-c5ccc(SC)nc5)nc4c32)CC1. The van der Waals surface area contributed by atoms with Crippen LogP contribution in [0.25, 0.3) is 22.3 Å². The van der Waals surface area contributed by atoms with E-state index in [0.717, 1.165) is 33.1 Å². The number of carbonyl (C=O) groups is 2. The first-order valence-electron chi connectivity index (χ1n) is 11.6. The van der Waals surface area contributed by atoms with E-state index in [4.69, 9.17) is 9.72 Å². The van der Waals surface area contributed by atoms with Crippen molar-refractivity contribution in [2.75, 3.05) is 45.0 Å². The number of amides is 3. The summed E-state index contributed by atoms with van der Waals surface area (Å²) in [6.07, 6.45) is 7.05. The molecule has 3 aromatic rings. The fourth-order valence-electron chi connectivity index (χ4n) is 4.82. The second-order valence-corrected chi connectivity index (χ2v) is 9.67. The molecule has 0 bridgehead atoms. The second kappa shape index (κ2) is 9.79. The number of thioether (sulfide) groups is 1. The Hall–Kier alpha value is -3.24. The highest BCUT2D eigenvalue weighted by atomic mass is 32.2. The van der Waals surface area contributed by atoms with Crippen molar-refractivity contribution in [3.05, 3.63) is 42.2 Å². The van der Waals surface area contributed by atoms with Crippen molar-refractivity contribution in [1.82, 2.24) is 24.8 Å². The third-order valence-corrected chi connectivity index (χ3v) is 7.29. The number of piperidine rings is 1. The van der Waals surface area contributed by atoms with Gasteiger partial charge in [0.15, 0.2) is 0 Å². The zero-order valence-corrected chi connectivity index (χ0v) is 20.9. The van der Waals surface area contributed by atoms with E-state index >= 15 is 0 Å². The van der Waals surface area contributed by atoms with Crippen molar-refractivity contribution < 1.29 is 14.3 Å². The predicted octanol–water partition coefficient (Wildman–Crippen LogP) is 3.42. The van der Waals surface area contributed by atoms with Gasteiger partial charge < -0.3 is 14.5 Å². The summed E-state index contributed by atoms with van der Waals surface area (Å²) in [7, 11) is 3.33. The van der Waals surface area contributed by atoms with Crippen LogP contribution in [0.15, 0.2) is 41.7 Å². The van der Waals surface area contributed by atoms with Crippen LogP contribution >= 0.6 is 11.8 Å². The fraction of sp³-hybridized carbons (Fsp3) is 0.400. The minimum Gasteiger partial charge on any atom is -0.375 e. The number of hydrogen-bond acceptors (Lipinski definition) is 7. The minimum absolute atomic E-state index is 0.0181. The van der Waals surface area contributed by atoms with Gasteiger partial charge in [-0.25, -0.2) is 14.8 Å². The molecule has 0 radical (unpaired) electrons. The maximum Gasteiger partial charge on any atom is 0.324 e. The lowest BCUT2D eigenvalue weighted by atomic mass is 9.99. The number of fused-ring (bicyclic) bond motifs is 3. The van der Waals surface area contributed by atoms with Crippen molar-refractivity contribution in [3.63, 3.8) is 0 Å². The Balaban J connectivity index is 1.53. The molecule has 1 fully saturated rings. The number of aromatic nitrogens is 3. The summed E-state index contributed by atoms with van der Waals surface area (Å²) in [5.74, 6) is -0.0181. The number of anilines is 1. The average Bonchev–Trinajstić information content (AvgIpc) is 2.89.